The monoisotopic (exact) mass is 299 g/mol. The van der Waals surface area contributed by atoms with Gasteiger partial charge in [-0.1, -0.05) is 11.8 Å². The molecule has 5 nitrogen and oxygen atoms in total. The van der Waals surface area contributed by atoms with Crippen LogP contribution >= 0.6 is 23.3 Å². The molecule has 1 aromatic heterocycles. The minimum atomic E-state index is -0.535. The van der Waals surface area contributed by atoms with Gasteiger partial charge < -0.3 is 4.74 Å². The predicted octanol–water partition coefficient (Wildman–Crippen LogP) is 1.70. The molecule has 1 N–H and O–H groups in total. The van der Waals surface area contributed by atoms with Crippen LogP contribution in [0.1, 0.15) is 25.7 Å². The lowest BCUT2D eigenvalue weighted by Crippen LogP contribution is -2.57. The van der Waals surface area contributed by atoms with Gasteiger partial charge in [0.2, 0.25) is 0 Å². The highest BCUT2D eigenvalue weighted by Gasteiger charge is 2.53. The number of carbonyl (C=O) groups excluding carboxylic acids is 1. The summed E-state index contributed by atoms with van der Waals surface area (Å²) in [5.74, 6) is 0.954. The summed E-state index contributed by atoms with van der Waals surface area (Å²) in [7, 11) is 1.48. The molecule has 2 aliphatic rings. The maximum Gasteiger partial charge on any atom is 0.327 e. The molecule has 0 amide bonds. The Bertz CT molecular complexity index is 446. The van der Waals surface area contributed by atoms with Crippen LogP contribution in [0, 0.1) is 5.92 Å². The van der Waals surface area contributed by atoms with Crippen LogP contribution in [0.2, 0.25) is 0 Å². The minimum absolute atomic E-state index is 0.126. The Morgan fingerprint density at radius 2 is 2.37 bits per heavy atom. The van der Waals surface area contributed by atoms with Crippen LogP contribution < -0.4 is 5.32 Å². The first-order chi connectivity index (χ1) is 9.24. The van der Waals surface area contributed by atoms with Crippen molar-refractivity contribution >= 4 is 29.3 Å². The number of carbonyl (C=O) groups is 1. The zero-order valence-electron chi connectivity index (χ0n) is 10.8. The summed E-state index contributed by atoms with van der Waals surface area (Å²) in [6, 6.07) is 0.481. The van der Waals surface area contributed by atoms with Crippen molar-refractivity contribution in [2.75, 3.05) is 12.9 Å². The lowest BCUT2D eigenvalue weighted by atomic mass is 9.95. The average Bonchev–Trinajstić information content (AvgIpc) is 3.34. The fourth-order valence-corrected chi connectivity index (χ4v) is 4.02. The molecule has 19 heavy (non-hydrogen) atoms. The third kappa shape index (κ3) is 2.93. The molecule has 0 aliphatic heterocycles. The summed E-state index contributed by atoms with van der Waals surface area (Å²) in [5.41, 5.74) is -0.535. The molecule has 0 bridgehead atoms. The Labute approximate surface area is 120 Å². The molecular weight excluding hydrogens is 282 g/mol. The Morgan fingerprint density at radius 3 is 2.89 bits per heavy atom. The molecular formula is C12H17N3O2S2. The van der Waals surface area contributed by atoms with Crippen LogP contribution in [0.5, 0.6) is 0 Å². The van der Waals surface area contributed by atoms with Gasteiger partial charge in [-0.25, -0.2) is 4.98 Å². The summed E-state index contributed by atoms with van der Waals surface area (Å²) in [6.07, 6.45) is 6.08. The zero-order valence-corrected chi connectivity index (χ0v) is 12.4. The van der Waals surface area contributed by atoms with Crippen molar-refractivity contribution in [2.45, 2.75) is 41.6 Å². The van der Waals surface area contributed by atoms with Gasteiger partial charge in [0.15, 0.2) is 4.34 Å². The number of rotatable bonds is 7. The van der Waals surface area contributed by atoms with Gasteiger partial charge in [-0.2, -0.15) is 4.37 Å². The summed E-state index contributed by atoms with van der Waals surface area (Å²) >= 11 is 2.97. The molecule has 2 fully saturated rings. The maximum atomic E-state index is 12.3. The zero-order chi connectivity index (χ0) is 13.3. The average molecular weight is 299 g/mol. The van der Waals surface area contributed by atoms with Crippen LogP contribution in [0.4, 0.5) is 0 Å². The summed E-state index contributed by atoms with van der Waals surface area (Å²) in [5, 5.41) is 3.54. The lowest BCUT2D eigenvalue weighted by molar-refractivity contribution is -0.148. The number of nitrogens with one attached hydrogen (secondary N) is 1. The number of thioether (sulfide) groups is 1. The second-order valence-electron chi connectivity index (χ2n) is 5.15. The molecule has 104 valence electrons. The molecule has 2 saturated carbocycles. The van der Waals surface area contributed by atoms with E-state index in [0.717, 1.165) is 30.0 Å². The first-order valence-corrected chi connectivity index (χ1v) is 8.26. The normalized spacial score (nSPS) is 21.9. The molecule has 7 heteroatoms. The number of aromatic nitrogens is 2. The largest absolute Gasteiger partial charge is 0.468 e. The number of methoxy groups -OCH3 is 1. The smallest absolute Gasteiger partial charge is 0.327 e. The van der Waals surface area contributed by atoms with E-state index in [1.807, 2.05) is 0 Å². The molecule has 1 heterocycles. The van der Waals surface area contributed by atoms with Gasteiger partial charge in [-0.15, -0.1) is 0 Å². The minimum Gasteiger partial charge on any atom is -0.468 e. The first kappa shape index (κ1) is 13.3. The van der Waals surface area contributed by atoms with E-state index in [1.54, 1.807) is 18.1 Å². The second-order valence-corrected chi connectivity index (χ2v) is 7.15. The van der Waals surface area contributed by atoms with E-state index in [1.165, 1.54) is 18.6 Å². The van der Waals surface area contributed by atoms with Gasteiger partial charge >= 0.3 is 5.97 Å². The predicted molar refractivity (Wildman–Crippen MR) is 74.3 cm³/mol. The molecule has 1 atom stereocenters. The van der Waals surface area contributed by atoms with E-state index in [9.17, 15) is 4.79 Å². The van der Waals surface area contributed by atoms with Crippen LogP contribution in [0.3, 0.4) is 0 Å². The van der Waals surface area contributed by atoms with Crippen LogP contribution in [0.15, 0.2) is 10.7 Å². The van der Waals surface area contributed by atoms with Crippen LogP contribution in [0.25, 0.3) is 0 Å². The highest BCUT2D eigenvalue weighted by Crippen LogP contribution is 2.44. The van der Waals surface area contributed by atoms with Crippen molar-refractivity contribution in [3.05, 3.63) is 6.33 Å². The fraction of sp³-hybridized carbons (Fsp3) is 0.750. The van der Waals surface area contributed by atoms with Crippen molar-refractivity contribution in [1.29, 1.82) is 0 Å². The molecule has 0 aromatic carbocycles. The van der Waals surface area contributed by atoms with Crippen LogP contribution in [-0.4, -0.2) is 39.8 Å². The van der Waals surface area contributed by atoms with Crippen molar-refractivity contribution in [3.63, 3.8) is 0 Å². The van der Waals surface area contributed by atoms with Crippen molar-refractivity contribution in [2.24, 2.45) is 5.92 Å². The standard InChI is InChI=1S/C12H17N3O2S2/c1-17-10(16)12(8-2-3-8,15-9-4-5-9)6-18-11-13-7-14-19-11/h7-9,15H,2-6H2,1H3. The molecule has 0 spiro atoms. The van der Waals surface area contributed by atoms with Gasteiger partial charge in [0.25, 0.3) is 0 Å². The van der Waals surface area contributed by atoms with E-state index in [2.05, 4.69) is 14.7 Å². The molecule has 0 radical (unpaired) electrons. The number of ether oxygens (including phenoxy) is 1. The third-order valence-corrected chi connectivity index (χ3v) is 5.62. The number of hydrogen-bond acceptors (Lipinski definition) is 7. The summed E-state index contributed by atoms with van der Waals surface area (Å²) in [6.45, 7) is 0. The first-order valence-electron chi connectivity index (χ1n) is 6.50. The quantitative estimate of drug-likeness (QED) is 0.611. The number of hydrogen-bond donors (Lipinski definition) is 1. The van der Waals surface area contributed by atoms with Crippen molar-refractivity contribution < 1.29 is 9.53 Å². The van der Waals surface area contributed by atoms with Crippen molar-refractivity contribution in [3.8, 4) is 0 Å². The van der Waals surface area contributed by atoms with E-state index in [-0.39, 0.29) is 5.97 Å². The Balaban J connectivity index is 1.74. The maximum absolute atomic E-state index is 12.3. The molecule has 0 saturated heterocycles. The molecule has 3 rings (SSSR count). The highest BCUT2D eigenvalue weighted by molar-refractivity contribution is 8.01. The lowest BCUT2D eigenvalue weighted by Gasteiger charge is -2.32. The van der Waals surface area contributed by atoms with E-state index in [4.69, 9.17) is 4.74 Å². The van der Waals surface area contributed by atoms with Gasteiger partial charge in [0.1, 0.15) is 11.9 Å². The second kappa shape index (κ2) is 5.38. The van der Waals surface area contributed by atoms with E-state index in [0.29, 0.717) is 17.7 Å². The highest BCUT2D eigenvalue weighted by atomic mass is 32.2. The molecule has 1 unspecified atom stereocenters. The number of esters is 1. The van der Waals surface area contributed by atoms with Gasteiger partial charge in [-0.05, 0) is 43.1 Å². The Kier molecular flexibility index (Phi) is 3.77. The topological polar surface area (TPSA) is 64.1 Å². The van der Waals surface area contributed by atoms with E-state index >= 15 is 0 Å². The van der Waals surface area contributed by atoms with Crippen LogP contribution in [-0.2, 0) is 9.53 Å². The SMILES string of the molecule is COC(=O)C(CSc1ncns1)(NC1CC1)C1CC1. The Morgan fingerprint density at radius 1 is 1.58 bits per heavy atom. The summed E-state index contributed by atoms with van der Waals surface area (Å²) < 4.78 is 9.97. The molecule has 2 aliphatic carbocycles. The van der Waals surface area contributed by atoms with Gasteiger partial charge in [0, 0.05) is 11.8 Å². The summed E-state index contributed by atoms with van der Waals surface area (Å²) in [4.78, 5) is 16.5. The van der Waals surface area contributed by atoms with Gasteiger partial charge in [-0.3, -0.25) is 10.1 Å². The van der Waals surface area contributed by atoms with Crippen molar-refractivity contribution in [1.82, 2.24) is 14.7 Å². The fourth-order valence-electron chi connectivity index (χ4n) is 2.31. The Hall–Kier alpha value is -0.660. The molecule has 1 aromatic rings. The van der Waals surface area contributed by atoms with E-state index < -0.39 is 5.54 Å². The third-order valence-electron chi connectivity index (χ3n) is 3.63. The van der Waals surface area contributed by atoms with Gasteiger partial charge in [0.05, 0.1) is 7.11 Å². The number of nitrogens with zero attached hydrogens (tertiary/aromatic N) is 2.